The smallest absolute Gasteiger partial charge is 0.356 e. The molecule has 0 bridgehead atoms. The predicted molar refractivity (Wildman–Crippen MR) is 122 cm³/mol. The van der Waals surface area contributed by atoms with Crippen molar-refractivity contribution in [2.75, 3.05) is 5.32 Å². The van der Waals surface area contributed by atoms with Crippen molar-refractivity contribution in [2.45, 2.75) is 45.1 Å². The SMILES string of the molecule is Cc1c(C2=CCC(F)(F)CC2)oc2c([C@@H](C)Nc3ccc(Cl)nc3C(=O)O)cc(F)cc2c1=O. The van der Waals surface area contributed by atoms with Crippen LogP contribution in [0.5, 0.6) is 0 Å². The van der Waals surface area contributed by atoms with Gasteiger partial charge in [0.25, 0.3) is 5.92 Å². The van der Waals surface area contributed by atoms with E-state index in [1.165, 1.54) is 31.2 Å². The number of aromatic nitrogens is 1. The first-order chi connectivity index (χ1) is 16.0. The van der Waals surface area contributed by atoms with E-state index >= 15 is 0 Å². The molecule has 4 rings (SSSR count). The molecule has 0 radical (unpaired) electrons. The van der Waals surface area contributed by atoms with E-state index in [1.54, 1.807) is 6.92 Å². The molecule has 2 N–H and O–H groups in total. The van der Waals surface area contributed by atoms with Gasteiger partial charge in [0.05, 0.1) is 17.1 Å². The molecular weight excluding hydrogens is 473 g/mol. The van der Waals surface area contributed by atoms with Crippen molar-refractivity contribution in [1.82, 2.24) is 4.98 Å². The lowest BCUT2D eigenvalue weighted by Crippen LogP contribution is -2.19. The number of fused-ring (bicyclic) bond motifs is 1. The second kappa shape index (κ2) is 8.79. The van der Waals surface area contributed by atoms with Crippen LogP contribution in [0.4, 0.5) is 18.9 Å². The van der Waals surface area contributed by atoms with Gasteiger partial charge in [0.15, 0.2) is 11.1 Å². The molecule has 1 aliphatic carbocycles. The monoisotopic (exact) mass is 492 g/mol. The van der Waals surface area contributed by atoms with E-state index in [0.29, 0.717) is 5.57 Å². The van der Waals surface area contributed by atoms with Gasteiger partial charge < -0.3 is 14.8 Å². The van der Waals surface area contributed by atoms with Gasteiger partial charge in [-0.3, -0.25) is 4.79 Å². The molecule has 3 aromatic rings. The third kappa shape index (κ3) is 4.52. The summed E-state index contributed by atoms with van der Waals surface area (Å²) >= 11 is 5.80. The Kier molecular flexibility index (Phi) is 6.16. The second-order valence-electron chi connectivity index (χ2n) is 8.25. The summed E-state index contributed by atoms with van der Waals surface area (Å²) in [5.41, 5.74) is 0.372. The molecule has 1 aromatic carbocycles. The van der Waals surface area contributed by atoms with Gasteiger partial charge in [0, 0.05) is 24.0 Å². The summed E-state index contributed by atoms with van der Waals surface area (Å²) < 4.78 is 47.8. The summed E-state index contributed by atoms with van der Waals surface area (Å²) in [6, 6.07) is 4.34. The number of hydrogen-bond acceptors (Lipinski definition) is 5. The normalized spacial score (nSPS) is 16.2. The fourth-order valence-electron chi connectivity index (χ4n) is 4.04. The summed E-state index contributed by atoms with van der Waals surface area (Å²) in [4.78, 5) is 28.4. The number of allylic oxidation sites excluding steroid dienone is 2. The number of nitrogens with zero attached hydrogens (tertiary/aromatic N) is 1. The highest BCUT2D eigenvalue weighted by atomic mass is 35.5. The molecule has 1 atom stereocenters. The quantitative estimate of drug-likeness (QED) is 0.402. The Morgan fingerprint density at radius 1 is 1.32 bits per heavy atom. The molecular formula is C24H20ClF3N2O4. The molecule has 0 spiro atoms. The molecule has 6 nitrogen and oxygen atoms in total. The molecule has 0 fully saturated rings. The van der Waals surface area contributed by atoms with Crippen LogP contribution in [-0.4, -0.2) is 22.0 Å². The minimum atomic E-state index is -2.81. The van der Waals surface area contributed by atoms with Crippen LogP contribution >= 0.6 is 11.6 Å². The van der Waals surface area contributed by atoms with Crippen LogP contribution in [-0.2, 0) is 0 Å². The Morgan fingerprint density at radius 3 is 2.71 bits per heavy atom. The number of hydrogen-bond donors (Lipinski definition) is 2. The van der Waals surface area contributed by atoms with Crippen LogP contribution in [0, 0.1) is 12.7 Å². The van der Waals surface area contributed by atoms with Gasteiger partial charge in [-0.2, -0.15) is 0 Å². The van der Waals surface area contributed by atoms with E-state index in [2.05, 4.69) is 10.3 Å². The maximum atomic E-state index is 14.5. The predicted octanol–water partition coefficient (Wildman–Crippen LogP) is 6.36. The number of aromatic carboxylic acids is 1. The number of carboxylic acids is 1. The molecule has 178 valence electrons. The summed E-state index contributed by atoms with van der Waals surface area (Å²) in [7, 11) is 0. The van der Waals surface area contributed by atoms with Crippen molar-refractivity contribution in [3.05, 3.63) is 74.1 Å². The highest BCUT2D eigenvalue weighted by molar-refractivity contribution is 6.29. The molecule has 2 aromatic heterocycles. The van der Waals surface area contributed by atoms with E-state index in [9.17, 15) is 27.9 Å². The van der Waals surface area contributed by atoms with Crippen LogP contribution in [0.25, 0.3) is 16.5 Å². The largest absolute Gasteiger partial charge is 0.476 e. The number of halogens is 4. The van der Waals surface area contributed by atoms with E-state index < -0.39 is 35.6 Å². The number of benzene rings is 1. The number of alkyl halides is 2. The molecule has 0 unspecified atom stereocenters. The highest BCUT2D eigenvalue weighted by Crippen LogP contribution is 2.38. The van der Waals surface area contributed by atoms with Crippen LogP contribution in [0.1, 0.15) is 59.6 Å². The van der Waals surface area contributed by atoms with E-state index in [4.69, 9.17) is 16.0 Å². The first-order valence-electron chi connectivity index (χ1n) is 10.5. The maximum Gasteiger partial charge on any atom is 0.356 e. The number of nitrogens with one attached hydrogen (secondary N) is 1. The lowest BCUT2D eigenvalue weighted by atomic mass is 9.92. The number of carbonyl (C=O) groups is 1. The Balaban J connectivity index is 1.84. The average molecular weight is 493 g/mol. The Morgan fingerprint density at radius 2 is 2.06 bits per heavy atom. The standard InChI is InChI=1S/C24H20ClF3N2O4/c1-11-20(31)16-10-14(26)9-15(12(2)29-17-3-4-18(25)30-19(17)23(32)33)22(16)34-21(11)13-5-7-24(27,28)8-6-13/h3-5,9-10,12,29H,6-8H2,1-2H3,(H,32,33)/t12-/m1/s1. The molecule has 0 saturated heterocycles. The summed E-state index contributed by atoms with van der Waals surface area (Å²) in [6.45, 7) is 3.15. The molecule has 10 heteroatoms. The number of rotatable bonds is 5. The van der Waals surface area contributed by atoms with E-state index in [0.717, 1.165) is 6.07 Å². The van der Waals surface area contributed by atoms with Crippen molar-refractivity contribution >= 4 is 39.8 Å². The van der Waals surface area contributed by atoms with E-state index in [-0.39, 0.29) is 57.2 Å². The summed E-state index contributed by atoms with van der Waals surface area (Å²) in [5.74, 6) is -4.62. The van der Waals surface area contributed by atoms with Crippen LogP contribution in [0.2, 0.25) is 5.15 Å². The van der Waals surface area contributed by atoms with Gasteiger partial charge in [0.2, 0.25) is 0 Å². The third-order valence-electron chi connectivity index (χ3n) is 5.81. The number of carboxylic acid groups (broad SMARTS) is 1. The third-order valence-corrected chi connectivity index (χ3v) is 6.02. The van der Waals surface area contributed by atoms with Crippen LogP contribution in [0.3, 0.4) is 0 Å². The summed E-state index contributed by atoms with van der Waals surface area (Å²) in [6.07, 6.45) is 0.574. The van der Waals surface area contributed by atoms with Gasteiger partial charge in [0.1, 0.15) is 22.3 Å². The van der Waals surface area contributed by atoms with Crippen molar-refractivity contribution in [1.29, 1.82) is 0 Å². The fourth-order valence-corrected chi connectivity index (χ4v) is 4.18. The fraction of sp³-hybridized carbons (Fsp3) is 0.292. The Labute approximate surface area is 197 Å². The number of pyridine rings is 1. The van der Waals surface area contributed by atoms with E-state index in [1.807, 2.05) is 0 Å². The topological polar surface area (TPSA) is 92.4 Å². The maximum absolute atomic E-state index is 14.5. The van der Waals surface area contributed by atoms with Crippen molar-refractivity contribution in [2.24, 2.45) is 0 Å². The highest BCUT2D eigenvalue weighted by Gasteiger charge is 2.32. The van der Waals surface area contributed by atoms with Gasteiger partial charge in [-0.15, -0.1) is 0 Å². The van der Waals surface area contributed by atoms with Crippen LogP contribution in [0.15, 0.2) is 39.6 Å². The zero-order valence-corrected chi connectivity index (χ0v) is 19.0. The van der Waals surface area contributed by atoms with Crippen molar-refractivity contribution < 1.29 is 27.5 Å². The molecule has 0 amide bonds. The molecule has 1 aliphatic rings. The first-order valence-corrected chi connectivity index (χ1v) is 10.8. The van der Waals surface area contributed by atoms with Gasteiger partial charge in [-0.1, -0.05) is 17.7 Å². The zero-order chi connectivity index (χ0) is 24.8. The lowest BCUT2D eigenvalue weighted by Gasteiger charge is -2.22. The van der Waals surface area contributed by atoms with Gasteiger partial charge in [-0.25, -0.2) is 22.9 Å². The summed E-state index contributed by atoms with van der Waals surface area (Å²) in [5, 5.41) is 12.4. The van der Waals surface area contributed by atoms with Crippen molar-refractivity contribution in [3.63, 3.8) is 0 Å². The lowest BCUT2D eigenvalue weighted by molar-refractivity contribution is -0.00618. The Hall–Kier alpha value is -3.33. The van der Waals surface area contributed by atoms with Gasteiger partial charge in [-0.05, 0) is 50.1 Å². The second-order valence-corrected chi connectivity index (χ2v) is 8.64. The minimum absolute atomic E-state index is 0.000622. The molecule has 2 heterocycles. The Bertz CT molecular complexity index is 1400. The molecule has 34 heavy (non-hydrogen) atoms. The zero-order valence-electron chi connectivity index (χ0n) is 18.2. The van der Waals surface area contributed by atoms with Gasteiger partial charge >= 0.3 is 5.97 Å². The number of anilines is 1. The van der Waals surface area contributed by atoms with Crippen molar-refractivity contribution in [3.8, 4) is 0 Å². The average Bonchev–Trinajstić information content (AvgIpc) is 2.77. The first kappa shape index (κ1) is 23.8. The van der Waals surface area contributed by atoms with Crippen LogP contribution < -0.4 is 10.7 Å². The molecule has 0 aliphatic heterocycles. The molecule has 0 saturated carbocycles. The minimum Gasteiger partial charge on any atom is -0.476 e.